The minimum Gasteiger partial charge on any atom is -0.372 e. The quantitative estimate of drug-likeness (QED) is 0.642. The minimum atomic E-state index is -1.89. The van der Waals surface area contributed by atoms with Crippen LogP contribution in [0.2, 0.25) is 0 Å². The van der Waals surface area contributed by atoms with Gasteiger partial charge >= 0.3 is 0 Å². The van der Waals surface area contributed by atoms with E-state index in [-0.39, 0.29) is 11.3 Å². The Labute approximate surface area is 119 Å². The maximum atomic E-state index is 13.8. The molecule has 0 spiro atoms. The van der Waals surface area contributed by atoms with E-state index in [2.05, 4.69) is 10.3 Å². The summed E-state index contributed by atoms with van der Waals surface area (Å²) in [5.74, 6) is -1.20. The molecule has 1 atom stereocenters. The van der Waals surface area contributed by atoms with E-state index in [4.69, 9.17) is 0 Å². The van der Waals surface area contributed by atoms with Gasteiger partial charge in [-0.3, -0.25) is 4.79 Å². The summed E-state index contributed by atoms with van der Waals surface area (Å²) in [4.78, 5) is 15.3. The fraction of sp³-hybridized carbons (Fsp3) is 0.0625. The van der Waals surface area contributed by atoms with Gasteiger partial charge in [-0.05, 0) is 12.1 Å². The number of anilines is 1. The Kier molecular flexibility index (Phi) is 2.26. The molecule has 0 saturated heterocycles. The number of nitrogens with one attached hydrogen (secondary N) is 2. The van der Waals surface area contributed by atoms with Gasteiger partial charge in [-0.25, -0.2) is 4.39 Å². The molecule has 0 fully saturated rings. The number of carbonyl (C=O) groups excluding carboxylic acids is 1. The van der Waals surface area contributed by atoms with E-state index < -0.39 is 17.3 Å². The number of aromatic nitrogens is 1. The molecule has 5 heteroatoms. The second-order valence-corrected chi connectivity index (χ2v) is 5.07. The van der Waals surface area contributed by atoms with Crippen molar-refractivity contribution >= 4 is 22.5 Å². The van der Waals surface area contributed by atoms with Crippen LogP contribution in [0.5, 0.6) is 0 Å². The number of fused-ring (bicyclic) bond motifs is 2. The molecule has 3 N–H and O–H groups in total. The van der Waals surface area contributed by atoms with Crippen molar-refractivity contribution in [1.29, 1.82) is 0 Å². The van der Waals surface area contributed by atoms with Gasteiger partial charge in [0.05, 0.1) is 5.69 Å². The maximum Gasteiger partial charge on any atom is 0.266 e. The van der Waals surface area contributed by atoms with Crippen molar-refractivity contribution in [3.63, 3.8) is 0 Å². The molecular weight excluding hydrogens is 271 g/mol. The fourth-order valence-corrected chi connectivity index (χ4v) is 2.92. The summed E-state index contributed by atoms with van der Waals surface area (Å²) in [5.41, 5.74) is -0.400. The zero-order valence-corrected chi connectivity index (χ0v) is 10.9. The van der Waals surface area contributed by atoms with E-state index in [0.717, 1.165) is 10.9 Å². The molecule has 1 aliphatic heterocycles. The number of benzene rings is 2. The highest BCUT2D eigenvalue weighted by Crippen LogP contribution is 2.44. The van der Waals surface area contributed by atoms with E-state index in [0.29, 0.717) is 5.56 Å². The number of carbonyl (C=O) groups is 1. The van der Waals surface area contributed by atoms with Crippen LogP contribution in [0.1, 0.15) is 11.1 Å². The molecule has 21 heavy (non-hydrogen) atoms. The minimum absolute atomic E-state index is 0.0373. The summed E-state index contributed by atoms with van der Waals surface area (Å²) in [7, 11) is 0. The number of para-hydroxylation sites is 2. The van der Waals surface area contributed by atoms with Crippen LogP contribution in [0.15, 0.2) is 48.7 Å². The van der Waals surface area contributed by atoms with Gasteiger partial charge < -0.3 is 15.4 Å². The number of aromatic amines is 1. The Morgan fingerprint density at radius 3 is 2.71 bits per heavy atom. The Balaban J connectivity index is 2.04. The van der Waals surface area contributed by atoms with Crippen molar-refractivity contribution in [2.75, 3.05) is 5.32 Å². The smallest absolute Gasteiger partial charge is 0.266 e. The van der Waals surface area contributed by atoms with Crippen LogP contribution in [0.25, 0.3) is 10.9 Å². The second kappa shape index (κ2) is 3.93. The third-order valence-electron chi connectivity index (χ3n) is 3.95. The Morgan fingerprint density at radius 1 is 1.05 bits per heavy atom. The molecule has 1 aromatic heterocycles. The molecule has 1 aliphatic rings. The summed E-state index contributed by atoms with van der Waals surface area (Å²) in [6.45, 7) is 0. The SMILES string of the molecule is O=C1Nc2c(F)cccc2[C@@]1(O)c1c[nH]c2ccccc12. The summed E-state index contributed by atoms with van der Waals surface area (Å²) in [5, 5.41) is 14.2. The van der Waals surface area contributed by atoms with E-state index in [9.17, 15) is 14.3 Å². The molecule has 0 unspecified atom stereocenters. The van der Waals surface area contributed by atoms with Crippen LogP contribution in [0.4, 0.5) is 10.1 Å². The van der Waals surface area contributed by atoms with Crippen molar-refractivity contribution in [1.82, 2.24) is 4.98 Å². The van der Waals surface area contributed by atoms with Gasteiger partial charge in [0.2, 0.25) is 0 Å². The first-order valence-electron chi connectivity index (χ1n) is 6.52. The topological polar surface area (TPSA) is 65.1 Å². The normalized spacial score (nSPS) is 20.6. The third-order valence-corrected chi connectivity index (χ3v) is 3.95. The lowest BCUT2D eigenvalue weighted by Crippen LogP contribution is -2.35. The average Bonchev–Trinajstić information content (AvgIpc) is 3.02. The number of halogens is 1. The molecule has 4 nitrogen and oxygen atoms in total. The lowest BCUT2D eigenvalue weighted by Gasteiger charge is -2.20. The largest absolute Gasteiger partial charge is 0.372 e. The number of hydrogen-bond acceptors (Lipinski definition) is 2. The van der Waals surface area contributed by atoms with Gasteiger partial charge in [-0.2, -0.15) is 0 Å². The summed E-state index contributed by atoms with van der Waals surface area (Å²) < 4.78 is 13.8. The molecular formula is C16H11FN2O2. The van der Waals surface area contributed by atoms with E-state index in [1.807, 2.05) is 24.3 Å². The monoisotopic (exact) mass is 282 g/mol. The van der Waals surface area contributed by atoms with E-state index >= 15 is 0 Å². The first-order valence-corrected chi connectivity index (χ1v) is 6.52. The van der Waals surface area contributed by atoms with Gasteiger partial charge in [0, 0.05) is 28.2 Å². The van der Waals surface area contributed by atoms with Crippen molar-refractivity contribution in [3.05, 3.63) is 65.6 Å². The molecule has 0 radical (unpaired) electrons. The zero-order chi connectivity index (χ0) is 14.6. The van der Waals surface area contributed by atoms with Gasteiger partial charge in [0.1, 0.15) is 5.82 Å². The summed E-state index contributed by atoms with van der Waals surface area (Å²) >= 11 is 0. The molecule has 1 amide bonds. The van der Waals surface area contributed by atoms with E-state index in [1.165, 1.54) is 12.1 Å². The third kappa shape index (κ3) is 1.43. The van der Waals surface area contributed by atoms with Crippen LogP contribution in [0.3, 0.4) is 0 Å². The number of hydrogen-bond donors (Lipinski definition) is 3. The molecule has 4 rings (SSSR count). The van der Waals surface area contributed by atoms with Crippen LogP contribution >= 0.6 is 0 Å². The zero-order valence-electron chi connectivity index (χ0n) is 10.9. The van der Waals surface area contributed by atoms with Gasteiger partial charge in [-0.1, -0.05) is 30.3 Å². The van der Waals surface area contributed by atoms with Gasteiger partial charge in [-0.15, -0.1) is 0 Å². The van der Waals surface area contributed by atoms with Crippen LogP contribution in [0, 0.1) is 5.82 Å². The van der Waals surface area contributed by atoms with Crippen molar-refractivity contribution in [2.24, 2.45) is 0 Å². The van der Waals surface area contributed by atoms with Crippen LogP contribution in [-0.2, 0) is 10.4 Å². The molecule has 104 valence electrons. The highest BCUT2D eigenvalue weighted by atomic mass is 19.1. The first-order chi connectivity index (χ1) is 10.1. The predicted molar refractivity (Wildman–Crippen MR) is 76.3 cm³/mol. The second-order valence-electron chi connectivity index (χ2n) is 5.07. The number of amides is 1. The highest BCUT2D eigenvalue weighted by molar-refractivity contribution is 6.09. The Hall–Kier alpha value is -2.66. The Bertz CT molecular complexity index is 887. The average molecular weight is 282 g/mol. The maximum absolute atomic E-state index is 13.8. The molecule has 3 aromatic rings. The standard InChI is InChI=1S/C16H11FN2O2/c17-12-6-3-5-10-14(12)19-15(20)16(10,21)11-8-18-13-7-2-1-4-9(11)13/h1-8,18,21H,(H,19,20)/t16-/m1/s1. The van der Waals surface area contributed by atoms with Crippen molar-refractivity contribution < 1.29 is 14.3 Å². The molecule has 2 aromatic carbocycles. The van der Waals surface area contributed by atoms with E-state index in [1.54, 1.807) is 12.3 Å². The summed E-state index contributed by atoms with van der Waals surface area (Å²) in [6, 6.07) is 11.6. The molecule has 0 saturated carbocycles. The Morgan fingerprint density at radius 2 is 1.86 bits per heavy atom. The lowest BCUT2D eigenvalue weighted by molar-refractivity contribution is -0.129. The number of rotatable bonds is 1. The van der Waals surface area contributed by atoms with Gasteiger partial charge in [0.15, 0.2) is 5.60 Å². The summed E-state index contributed by atoms with van der Waals surface area (Å²) in [6.07, 6.45) is 1.59. The predicted octanol–water partition coefficient (Wildman–Crippen LogP) is 2.50. The number of H-pyrrole nitrogens is 1. The number of aliphatic hydroxyl groups is 1. The van der Waals surface area contributed by atoms with Crippen LogP contribution < -0.4 is 5.32 Å². The van der Waals surface area contributed by atoms with Gasteiger partial charge in [0.25, 0.3) is 5.91 Å². The molecule has 2 heterocycles. The molecule has 0 bridgehead atoms. The van der Waals surface area contributed by atoms with Crippen molar-refractivity contribution in [2.45, 2.75) is 5.60 Å². The fourth-order valence-electron chi connectivity index (χ4n) is 2.92. The first kappa shape index (κ1) is 12.1. The highest BCUT2D eigenvalue weighted by Gasteiger charge is 2.49. The molecule has 0 aliphatic carbocycles. The lowest BCUT2D eigenvalue weighted by atomic mass is 9.87. The van der Waals surface area contributed by atoms with Crippen molar-refractivity contribution in [3.8, 4) is 0 Å². The van der Waals surface area contributed by atoms with Crippen LogP contribution in [-0.4, -0.2) is 16.0 Å².